The molecule has 2 aliphatic rings. The molecular formula is C20H24N4O2. The molecule has 4 rings (SSSR count). The third-order valence-electron chi connectivity index (χ3n) is 5.58. The minimum atomic E-state index is -0.159. The van der Waals surface area contributed by atoms with Crippen LogP contribution in [-0.4, -0.2) is 21.5 Å². The van der Waals surface area contributed by atoms with Gasteiger partial charge < -0.3 is 10.6 Å². The van der Waals surface area contributed by atoms with Crippen LogP contribution in [0.15, 0.2) is 29.1 Å². The lowest BCUT2D eigenvalue weighted by molar-refractivity contribution is -0.119. The lowest BCUT2D eigenvalue weighted by atomic mass is 9.89. The van der Waals surface area contributed by atoms with Gasteiger partial charge in [-0.3, -0.25) is 14.2 Å². The summed E-state index contributed by atoms with van der Waals surface area (Å²) in [5.74, 6) is 0.520. The summed E-state index contributed by atoms with van der Waals surface area (Å²) in [5, 5.41) is 0. The Morgan fingerprint density at radius 3 is 2.85 bits per heavy atom. The molecule has 6 nitrogen and oxygen atoms in total. The van der Waals surface area contributed by atoms with Crippen LogP contribution in [0.3, 0.4) is 0 Å². The molecule has 1 aliphatic carbocycles. The standard InChI is InChI=1S/C20H24N4O2/c1-12-7-8-15-16(9-12)22-20(21)23(19(15)26)11-18(25)24-13(2)10-14-5-3-4-6-17(14)24/h3-6,12-13H,7-11H2,1-2H3,(H2,21,22)/t12-,13+/m0/s1. The number of para-hydroxylation sites is 1. The van der Waals surface area contributed by atoms with Crippen LogP contribution in [0.2, 0.25) is 0 Å². The highest BCUT2D eigenvalue weighted by Crippen LogP contribution is 2.32. The summed E-state index contributed by atoms with van der Waals surface area (Å²) >= 11 is 0. The lowest BCUT2D eigenvalue weighted by Gasteiger charge is -2.25. The van der Waals surface area contributed by atoms with Crippen molar-refractivity contribution >= 4 is 17.5 Å². The van der Waals surface area contributed by atoms with Crippen LogP contribution in [-0.2, 0) is 30.6 Å². The summed E-state index contributed by atoms with van der Waals surface area (Å²) in [6, 6.07) is 7.98. The van der Waals surface area contributed by atoms with Crippen LogP contribution >= 0.6 is 0 Å². The Balaban J connectivity index is 1.66. The fourth-order valence-corrected chi connectivity index (χ4v) is 4.21. The highest BCUT2D eigenvalue weighted by molar-refractivity contribution is 5.96. The molecule has 2 N–H and O–H groups in total. The van der Waals surface area contributed by atoms with E-state index in [1.54, 1.807) is 4.90 Å². The maximum Gasteiger partial charge on any atom is 0.258 e. The Morgan fingerprint density at radius 1 is 1.27 bits per heavy atom. The van der Waals surface area contributed by atoms with Crippen molar-refractivity contribution in [3.63, 3.8) is 0 Å². The van der Waals surface area contributed by atoms with Gasteiger partial charge in [0, 0.05) is 17.3 Å². The summed E-state index contributed by atoms with van der Waals surface area (Å²) in [4.78, 5) is 32.1. The van der Waals surface area contributed by atoms with E-state index in [-0.39, 0.29) is 30.0 Å². The molecule has 2 heterocycles. The van der Waals surface area contributed by atoms with Crippen molar-refractivity contribution in [2.45, 2.75) is 52.1 Å². The number of nitrogen functional groups attached to an aromatic ring is 1. The van der Waals surface area contributed by atoms with Crippen molar-refractivity contribution < 1.29 is 4.79 Å². The molecule has 2 atom stereocenters. The smallest absolute Gasteiger partial charge is 0.258 e. The number of carbonyl (C=O) groups excluding carboxylic acids is 1. The molecule has 0 radical (unpaired) electrons. The quantitative estimate of drug-likeness (QED) is 0.895. The van der Waals surface area contributed by atoms with Gasteiger partial charge in [-0.2, -0.15) is 0 Å². The van der Waals surface area contributed by atoms with Gasteiger partial charge in [-0.1, -0.05) is 25.1 Å². The number of anilines is 2. The first-order valence-corrected chi connectivity index (χ1v) is 9.23. The molecule has 26 heavy (non-hydrogen) atoms. The molecular weight excluding hydrogens is 328 g/mol. The zero-order chi connectivity index (χ0) is 18.4. The second kappa shape index (κ2) is 6.27. The van der Waals surface area contributed by atoms with Crippen molar-refractivity contribution in [2.75, 3.05) is 10.6 Å². The fraction of sp³-hybridized carbons (Fsp3) is 0.450. The highest BCUT2D eigenvalue weighted by atomic mass is 16.2. The first-order valence-electron chi connectivity index (χ1n) is 9.23. The Labute approximate surface area is 152 Å². The first-order chi connectivity index (χ1) is 12.5. The maximum absolute atomic E-state index is 13.0. The summed E-state index contributed by atoms with van der Waals surface area (Å²) < 4.78 is 1.34. The number of nitrogens with two attached hydrogens (primary N) is 1. The van der Waals surface area contributed by atoms with Crippen molar-refractivity contribution in [1.29, 1.82) is 0 Å². The zero-order valence-corrected chi connectivity index (χ0v) is 15.2. The molecule has 2 aromatic rings. The third kappa shape index (κ3) is 2.69. The average molecular weight is 352 g/mol. The molecule has 0 saturated carbocycles. The van der Waals surface area contributed by atoms with Gasteiger partial charge in [-0.05, 0) is 50.2 Å². The normalized spacial score (nSPS) is 21.4. The number of aromatic nitrogens is 2. The van der Waals surface area contributed by atoms with Gasteiger partial charge in [0.1, 0.15) is 6.54 Å². The van der Waals surface area contributed by atoms with E-state index in [1.807, 2.05) is 31.2 Å². The summed E-state index contributed by atoms with van der Waals surface area (Å²) in [6.07, 6.45) is 3.28. The van der Waals surface area contributed by atoms with E-state index in [4.69, 9.17) is 5.73 Å². The molecule has 1 amide bonds. The van der Waals surface area contributed by atoms with E-state index in [1.165, 1.54) is 4.57 Å². The van der Waals surface area contributed by atoms with Crippen molar-refractivity contribution in [3.05, 3.63) is 51.4 Å². The third-order valence-corrected chi connectivity index (χ3v) is 5.58. The van der Waals surface area contributed by atoms with Crippen molar-refractivity contribution in [1.82, 2.24) is 9.55 Å². The number of fused-ring (bicyclic) bond motifs is 2. The largest absolute Gasteiger partial charge is 0.369 e. The molecule has 0 saturated heterocycles. The van der Waals surface area contributed by atoms with Gasteiger partial charge in [-0.25, -0.2) is 4.98 Å². The molecule has 136 valence electrons. The Kier molecular flexibility index (Phi) is 4.05. The van der Waals surface area contributed by atoms with Gasteiger partial charge in [0.05, 0.1) is 5.69 Å². The topological polar surface area (TPSA) is 81.2 Å². The van der Waals surface area contributed by atoms with Crippen LogP contribution in [0, 0.1) is 5.92 Å². The van der Waals surface area contributed by atoms with Gasteiger partial charge in [0.15, 0.2) is 0 Å². The summed E-state index contributed by atoms with van der Waals surface area (Å²) in [7, 11) is 0. The molecule has 1 aromatic heterocycles. The van der Waals surface area contributed by atoms with Gasteiger partial charge >= 0.3 is 0 Å². The minimum Gasteiger partial charge on any atom is -0.369 e. The van der Waals surface area contributed by atoms with Crippen molar-refractivity contribution in [3.8, 4) is 0 Å². The molecule has 0 unspecified atom stereocenters. The van der Waals surface area contributed by atoms with E-state index >= 15 is 0 Å². The fourth-order valence-electron chi connectivity index (χ4n) is 4.21. The summed E-state index contributed by atoms with van der Waals surface area (Å²) in [6.45, 7) is 4.11. The predicted molar refractivity (Wildman–Crippen MR) is 101 cm³/mol. The molecule has 1 aliphatic heterocycles. The second-order valence-electron chi connectivity index (χ2n) is 7.58. The van der Waals surface area contributed by atoms with Crippen molar-refractivity contribution in [2.24, 2.45) is 5.92 Å². The van der Waals surface area contributed by atoms with E-state index in [9.17, 15) is 9.59 Å². The number of amides is 1. The van der Waals surface area contributed by atoms with E-state index in [2.05, 4.69) is 11.9 Å². The van der Waals surface area contributed by atoms with Crippen LogP contribution in [0.1, 0.15) is 37.1 Å². The van der Waals surface area contributed by atoms with E-state index in [0.29, 0.717) is 12.3 Å². The Hall–Kier alpha value is -2.63. The lowest BCUT2D eigenvalue weighted by Crippen LogP contribution is -2.41. The van der Waals surface area contributed by atoms with Crippen LogP contribution in [0.5, 0.6) is 0 Å². The maximum atomic E-state index is 13.0. The van der Waals surface area contributed by atoms with Gasteiger partial charge in [0.2, 0.25) is 11.9 Å². The molecule has 0 bridgehead atoms. The van der Waals surface area contributed by atoms with Gasteiger partial charge in [0.25, 0.3) is 5.56 Å². The minimum absolute atomic E-state index is 0.0703. The van der Waals surface area contributed by atoms with Crippen LogP contribution in [0.4, 0.5) is 11.6 Å². The number of carbonyl (C=O) groups is 1. The van der Waals surface area contributed by atoms with E-state index < -0.39 is 0 Å². The second-order valence-corrected chi connectivity index (χ2v) is 7.58. The zero-order valence-electron chi connectivity index (χ0n) is 15.2. The summed E-state index contributed by atoms with van der Waals surface area (Å²) in [5.41, 5.74) is 9.50. The molecule has 0 spiro atoms. The Morgan fingerprint density at radius 2 is 2.04 bits per heavy atom. The van der Waals surface area contributed by atoms with Crippen LogP contribution in [0.25, 0.3) is 0 Å². The Bertz CT molecular complexity index is 934. The average Bonchev–Trinajstić information content (AvgIpc) is 2.94. The number of rotatable bonds is 2. The monoisotopic (exact) mass is 352 g/mol. The van der Waals surface area contributed by atoms with Gasteiger partial charge in [-0.15, -0.1) is 0 Å². The SMILES string of the molecule is C[C@H]1CCc2c(nc(N)n(CC(=O)N3c4ccccc4C[C@H]3C)c2=O)C1. The molecule has 6 heteroatoms. The molecule has 0 fully saturated rings. The molecule has 1 aromatic carbocycles. The first kappa shape index (κ1) is 16.8. The predicted octanol–water partition coefficient (Wildman–Crippen LogP) is 1.93. The van der Waals surface area contributed by atoms with E-state index in [0.717, 1.165) is 41.8 Å². The number of hydrogen-bond donors (Lipinski definition) is 1. The number of benzene rings is 1. The highest BCUT2D eigenvalue weighted by Gasteiger charge is 2.31. The number of nitrogens with zero attached hydrogens (tertiary/aromatic N) is 3. The van der Waals surface area contributed by atoms with Crippen LogP contribution < -0.4 is 16.2 Å². The number of hydrogen-bond acceptors (Lipinski definition) is 4.